The lowest BCUT2D eigenvalue weighted by molar-refractivity contribution is -0.143. The van der Waals surface area contributed by atoms with Gasteiger partial charge < -0.3 is 14.8 Å². The summed E-state index contributed by atoms with van der Waals surface area (Å²) < 4.78 is 10.6. The zero-order chi connectivity index (χ0) is 10.3. The van der Waals surface area contributed by atoms with Crippen LogP contribution in [0.1, 0.15) is 20.3 Å². The van der Waals surface area contributed by atoms with Crippen molar-refractivity contribution in [2.75, 3.05) is 13.7 Å². The number of hydrogen-bond acceptors (Lipinski definition) is 4. The smallest absolute Gasteiger partial charge is 0.323 e. The molecule has 0 aromatic rings. The molecule has 2 aliphatic rings. The maximum atomic E-state index is 11.4. The molecular weight excluding hydrogens is 182 g/mol. The van der Waals surface area contributed by atoms with Crippen LogP contribution in [0, 0.1) is 5.92 Å². The van der Waals surface area contributed by atoms with E-state index in [2.05, 4.69) is 19.2 Å². The van der Waals surface area contributed by atoms with Crippen molar-refractivity contribution in [3.63, 3.8) is 0 Å². The van der Waals surface area contributed by atoms with E-state index >= 15 is 0 Å². The second kappa shape index (κ2) is 3.21. The quantitative estimate of drug-likeness (QED) is 0.618. The molecule has 0 bridgehead atoms. The van der Waals surface area contributed by atoms with Crippen LogP contribution in [0.15, 0.2) is 0 Å². The minimum Gasteiger partial charge on any atom is -0.468 e. The van der Waals surface area contributed by atoms with E-state index in [-0.39, 0.29) is 29.6 Å². The molecule has 0 aromatic heterocycles. The molecule has 3 unspecified atom stereocenters. The Hall–Kier alpha value is -0.610. The van der Waals surface area contributed by atoms with Gasteiger partial charge in [0, 0.05) is 12.5 Å². The van der Waals surface area contributed by atoms with Crippen LogP contribution >= 0.6 is 0 Å². The van der Waals surface area contributed by atoms with Crippen LogP contribution in [0.4, 0.5) is 0 Å². The molecule has 0 spiro atoms. The van der Waals surface area contributed by atoms with Crippen molar-refractivity contribution < 1.29 is 14.3 Å². The Kier molecular flexibility index (Phi) is 2.27. The highest BCUT2D eigenvalue weighted by atomic mass is 16.5. The van der Waals surface area contributed by atoms with E-state index in [1.165, 1.54) is 7.11 Å². The van der Waals surface area contributed by atoms with Crippen LogP contribution < -0.4 is 5.32 Å². The predicted molar refractivity (Wildman–Crippen MR) is 50.9 cm³/mol. The van der Waals surface area contributed by atoms with E-state index in [0.717, 1.165) is 13.0 Å². The highest BCUT2D eigenvalue weighted by Crippen LogP contribution is 2.39. The first kappa shape index (κ1) is 9.93. The van der Waals surface area contributed by atoms with Crippen molar-refractivity contribution in [1.29, 1.82) is 0 Å². The van der Waals surface area contributed by atoms with Gasteiger partial charge in [0.2, 0.25) is 0 Å². The van der Waals surface area contributed by atoms with Crippen molar-refractivity contribution in [3.8, 4) is 0 Å². The Bertz CT molecular complexity index is 252. The Labute approximate surface area is 84.0 Å². The molecular formula is C10H17NO3. The summed E-state index contributed by atoms with van der Waals surface area (Å²) in [5.74, 6) is 0.108. The van der Waals surface area contributed by atoms with Crippen LogP contribution in [0.3, 0.4) is 0 Å². The van der Waals surface area contributed by atoms with Crippen LogP contribution in [-0.2, 0) is 14.3 Å². The molecule has 3 atom stereocenters. The minimum absolute atomic E-state index is 0.0935. The molecule has 0 aliphatic carbocycles. The topological polar surface area (TPSA) is 47.6 Å². The zero-order valence-corrected chi connectivity index (χ0v) is 8.87. The highest BCUT2D eigenvalue weighted by molar-refractivity contribution is 5.76. The number of ether oxygens (including phenoxy) is 2. The summed E-state index contributed by atoms with van der Waals surface area (Å²) >= 11 is 0. The van der Waals surface area contributed by atoms with Gasteiger partial charge in [-0.15, -0.1) is 0 Å². The van der Waals surface area contributed by atoms with E-state index in [1.807, 2.05) is 0 Å². The lowest BCUT2D eigenvalue weighted by atomic mass is 9.91. The lowest BCUT2D eigenvalue weighted by Gasteiger charge is -2.20. The van der Waals surface area contributed by atoms with Gasteiger partial charge >= 0.3 is 5.97 Å². The molecule has 80 valence electrons. The summed E-state index contributed by atoms with van der Waals surface area (Å²) in [5, 5.41) is 3.15. The molecule has 0 amide bonds. The maximum absolute atomic E-state index is 11.4. The summed E-state index contributed by atoms with van der Waals surface area (Å²) in [6.45, 7) is 4.90. The second-order valence-electron chi connectivity index (χ2n) is 4.69. The molecule has 2 heterocycles. The van der Waals surface area contributed by atoms with E-state index < -0.39 is 0 Å². The van der Waals surface area contributed by atoms with Gasteiger partial charge in [-0.3, -0.25) is 4.79 Å². The molecule has 0 saturated carbocycles. The number of nitrogens with one attached hydrogen (secondary N) is 1. The molecule has 1 N–H and O–H groups in total. The molecule has 0 radical (unpaired) electrons. The zero-order valence-electron chi connectivity index (χ0n) is 8.87. The number of fused-ring (bicyclic) bond motifs is 1. The van der Waals surface area contributed by atoms with Gasteiger partial charge in [0.1, 0.15) is 6.04 Å². The van der Waals surface area contributed by atoms with Crippen molar-refractivity contribution in [2.45, 2.75) is 38.0 Å². The maximum Gasteiger partial charge on any atom is 0.323 e. The van der Waals surface area contributed by atoms with Gasteiger partial charge in [-0.1, -0.05) is 0 Å². The molecule has 0 aromatic carbocycles. The minimum atomic E-state index is -0.174. The SMILES string of the molecule is COC(=O)C1NCC2OC(C)(C)CC21. The fourth-order valence-corrected chi connectivity index (χ4v) is 2.55. The summed E-state index contributed by atoms with van der Waals surface area (Å²) in [6, 6.07) is -0.174. The largest absolute Gasteiger partial charge is 0.468 e. The Morgan fingerprint density at radius 3 is 2.93 bits per heavy atom. The molecule has 2 saturated heterocycles. The summed E-state index contributed by atoms with van der Waals surface area (Å²) in [5.41, 5.74) is -0.0935. The molecule has 2 rings (SSSR count). The highest BCUT2D eigenvalue weighted by Gasteiger charge is 2.50. The van der Waals surface area contributed by atoms with E-state index in [4.69, 9.17) is 9.47 Å². The van der Waals surface area contributed by atoms with Gasteiger partial charge in [0.25, 0.3) is 0 Å². The third-order valence-electron chi connectivity index (χ3n) is 3.10. The van der Waals surface area contributed by atoms with E-state index in [0.29, 0.717) is 0 Å². The van der Waals surface area contributed by atoms with Gasteiger partial charge in [-0.2, -0.15) is 0 Å². The van der Waals surface area contributed by atoms with Crippen molar-refractivity contribution in [2.24, 2.45) is 5.92 Å². The number of esters is 1. The van der Waals surface area contributed by atoms with Crippen molar-refractivity contribution >= 4 is 5.97 Å². The summed E-state index contributed by atoms with van der Waals surface area (Å²) in [4.78, 5) is 11.4. The molecule has 4 nitrogen and oxygen atoms in total. The number of rotatable bonds is 1. The number of carbonyl (C=O) groups is 1. The monoisotopic (exact) mass is 199 g/mol. The number of methoxy groups -OCH3 is 1. The molecule has 14 heavy (non-hydrogen) atoms. The molecule has 2 fully saturated rings. The average molecular weight is 199 g/mol. The number of hydrogen-bond donors (Lipinski definition) is 1. The Morgan fingerprint density at radius 2 is 2.29 bits per heavy atom. The third-order valence-corrected chi connectivity index (χ3v) is 3.10. The van der Waals surface area contributed by atoms with Crippen LogP contribution in [0.5, 0.6) is 0 Å². The standard InChI is InChI=1S/C10H17NO3/c1-10(2)4-6-7(14-10)5-11-8(6)9(12)13-3/h6-8,11H,4-5H2,1-3H3. The predicted octanol–water partition coefficient (Wildman–Crippen LogP) is 0.315. The van der Waals surface area contributed by atoms with Gasteiger partial charge in [0.15, 0.2) is 0 Å². The van der Waals surface area contributed by atoms with Gasteiger partial charge in [0.05, 0.1) is 18.8 Å². The molecule has 4 heteroatoms. The fourth-order valence-electron chi connectivity index (χ4n) is 2.55. The van der Waals surface area contributed by atoms with E-state index in [9.17, 15) is 4.79 Å². The summed E-state index contributed by atoms with van der Waals surface area (Å²) in [7, 11) is 1.43. The van der Waals surface area contributed by atoms with Crippen LogP contribution in [0.2, 0.25) is 0 Å². The first-order chi connectivity index (χ1) is 6.53. The van der Waals surface area contributed by atoms with E-state index in [1.54, 1.807) is 0 Å². The summed E-state index contributed by atoms with van der Waals surface area (Å²) in [6.07, 6.45) is 1.10. The van der Waals surface area contributed by atoms with Gasteiger partial charge in [-0.05, 0) is 20.3 Å². The van der Waals surface area contributed by atoms with Crippen LogP contribution in [-0.4, -0.2) is 37.4 Å². The van der Waals surface area contributed by atoms with Gasteiger partial charge in [-0.25, -0.2) is 0 Å². The third kappa shape index (κ3) is 1.53. The van der Waals surface area contributed by atoms with Crippen molar-refractivity contribution in [1.82, 2.24) is 5.32 Å². The second-order valence-corrected chi connectivity index (χ2v) is 4.69. The average Bonchev–Trinajstić information content (AvgIpc) is 2.58. The first-order valence-corrected chi connectivity index (χ1v) is 5.02. The Balaban J connectivity index is 2.08. The van der Waals surface area contributed by atoms with Crippen molar-refractivity contribution in [3.05, 3.63) is 0 Å². The first-order valence-electron chi connectivity index (χ1n) is 5.02. The fraction of sp³-hybridized carbons (Fsp3) is 0.900. The normalized spacial score (nSPS) is 39.5. The number of carbonyl (C=O) groups excluding carboxylic acids is 1. The van der Waals surface area contributed by atoms with Crippen LogP contribution in [0.25, 0.3) is 0 Å². The molecule has 2 aliphatic heterocycles. The lowest BCUT2D eigenvalue weighted by Crippen LogP contribution is -2.38. The Morgan fingerprint density at radius 1 is 1.57 bits per heavy atom.